The summed E-state index contributed by atoms with van der Waals surface area (Å²) in [4.78, 5) is 0. The van der Waals surface area contributed by atoms with E-state index in [1.54, 1.807) is 6.92 Å². The highest BCUT2D eigenvalue weighted by Gasteiger charge is 2.40. The van der Waals surface area contributed by atoms with Crippen LogP contribution in [0, 0.1) is 0 Å². The van der Waals surface area contributed by atoms with E-state index >= 15 is 0 Å². The Morgan fingerprint density at radius 1 is 1.30 bits per heavy atom. The molecule has 4 atom stereocenters. The number of ether oxygens (including phenoxy) is 2. The minimum atomic E-state index is -0.917. The van der Waals surface area contributed by atoms with Crippen molar-refractivity contribution in [1.29, 1.82) is 0 Å². The summed E-state index contributed by atoms with van der Waals surface area (Å²) in [5.41, 5.74) is 0. The van der Waals surface area contributed by atoms with Crippen LogP contribution in [0.25, 0.3) is 0 Å². The second kappa shape index (κ2) is 2.84. The molecule has 1 aliphatic rings. The summed E-state index contributed by atoms with van der Waals surface area (Å²) in [5, 5.41) is 18.2. The standard InChI is InChI=1S/C6H12O4/c1-3-4(7)5(8)6(9-2)10-3/h3-8H,1-2H3/t3-,4-,5+,6?/m0/s1. The maximum absolute atomic E-state index is 9.13. The number of hydrogen-bond donors (Lipinski definition) is 2. The molecule has 60 valence electrons. The Morgan fingerprint density at radius 3 is 2.10 bits per heavy atom. The van der Waals surface area contributed by atoms with Gasteiger partial charge in [-0.3, -0.25) is 0 Å². The average Bonchev–Trinajstić information content (AvgIpc) is 2.17. The fourth-order valence-corrected chi connectivity index (χ4v) is 1.01. The van der Waals surface area contributed by atoms with E-state index < -0.39 is 18.5 Å². The Hall–Kier alpha value is -0.160. The first-order valence-corrected chi connectivity index (χ1v) is 3.21. The van der Waals surface area contributed by atoms with Gasteiger partial charge in [-0.1, -0.05) is 0 Å². The van der Waals surface area contributed by atoms with Crippen molar-refractivity contribution in [3.63, 3.8) is 0 Å². The summed E-state index contributed by atoms with van der Waals surface area (Å²) < 4.78 is 9.74. The van der Waals surface area contributed by atoms with Gasteiger partial charge in [-0.25, -0.2) is 0 Å². The molecule has 10 heavy (non-hydrogen) atoms. The van der Waals surface area contributed by atoms with Crippen LogP contribution < -0.4 is 0 Å². The minimum absolute atomic E-state index is 0.347. The molecule has 0 aliphatic carbocycles. The largest absolute Gasteiger partial charge is 0.388 e. The quantitative estimate of drug-likeness (QED) is 0.506. The molecule has 1 fully saturated rings. The highest BCUT2D eigenvalue weighted by atomic mass is 16.7. The molecule has 1 heterocycles. The Bertz CT molecular complexity index is 116. The molecule has 1 unspecified atom stereocenters. The Labute approximate surface area is 59.4 Å². The molecular weight excluding hydrogens is 136 g/mol. The van der Waals surface area contributed by atoms with Gasteiger partial charge < -0.3 is 19.7 Å². The summed E-state index contributed by atoms with van der Waals surface area (Å²) in [6.07, 6.45) is -2.77. The SMILES string of the molecule is COC1O[C@@H](C)[C@H](O)[C@H]1O. The molecule has 1 saturated heterocycles. The minimum Gasteiger partial charge on any atom is -0.388 e. The van der Waals surface area contributed by atoms with Crippen molar-refractivity contribution in [3.8, 4) is 0 Å². The topological polar surface area (TPSA) is 58.9 Å². The second-order valence-corrected chi connectivity index (χ2v) is 2.43. The van der Waals surface area contributed by atoms with E-state index in [2.05, 4.69) is 0 Å². The summed E-state index contributed by atoms with van der Waals surface area (Å²) in [6, 6.07) is 0. The highest BCUT2D eigenvalue weighted by molar-refractivity contribution is 4.83. The third-order valence-corrected chi connectivity index (χ3v) is 1.69. The molecular formula is C6H12O4. The lowest BCUT2D eigenvalue weighted by molar-refractivity contribution is -0.146. The lowest BCUT2D eigenvalue weighted by atomic mass is 10.2. The van der Waals surface area contributed by atoms with Gasteiger partial charge in [0, 0.05) is 7.11 Å². The van der Waals surface area contributed by atoms with Gasteiger partial charge in [-0.2, -0.15) is 0 Å². The van der Waals surface area contributed by atoms with Crippen molar-refractivity contribution in [2.45, 2.75) is 31.5 Å². The predicted octanol–water partition coefficient (Wildman–Crippen LogP) is -0.901. The van der Waals surface area contributed by atoms with Crippen molar-refractivity contribution >= 4 is 0 Å². The van der Waals surface area contributed by atoms with Gasteiger partial charge in [0.25, 0.3) is 0 Å². The summed E-state index contributed by atoms with van der Waals surface area (Å²) in [6.45, 7) is 1.69. The second-order valence-electron chi connectivity index (χ2n) is 2.43. The van der Waals surface area contributed by atoms with Crippen LogP contribution in [0.15, 0.2) is 0 Å². The third kappa shape index (κ3) is 1.15. The molecule has 0 bridgehead atoms. The lowest BCUT2D eigenvalue weighted by Gasteiger charge is -2.11. The average molecular weight is 148 g/mol. The van der Waals surface area contributed by atoms with Gasteiger partial charge in [-0.05, 0) is 6.92 Å². The van der Waals surface area contributed by atoms with Crippen LogP contribution in [0.1, 0.15) is 6.92 Å². The van der Waals surface area contributed by atoms with Crippen LogP contribution in [0.2, 0.25) is 0 Å². The van der Waals surface area contributed by atoms with E-state index in [-0.39, 0.29) is 6.10 Å². The first-order valence-electron chi connectivity index (χ1n) is 3.21. The van der Waals surface area contributed by atoms with Crippen LogP contribution >= 0.6 is 0 Å². The van der Waals surface area contributed by atoms with E-state index in [0.717, 1.165) is 0 Å². The molecule has 0 aromatic carbocycles. The fourth-order valence-electron chi connectivity index (χ4n) is 1.01. The Balaban J connectivity index is 2.53. The predicted molar refractivity (Wildman–Crippen MR) is 33.4 cm³/mol. The zero-order valence-corrected chi connectivity index (χ0v) is 6.02. The molecule has 0 aromatic rings. The van der Waals surface area contributed by atoms with E-state index in [9.17, 15) is 0 Å². The van der Waals surface area contributed by atoms with Crippen LogP contribution in [0.4, 0.5) is 0 Å². The van der Waals surface area contributed by atoms with Gasteiger partial charge >= 0.3 is 0 Å². The molecule has 2 N–H and O–H groups in total. The molecule has 0 spiro atoms. The van der Waals surface area contributed by atoms with Crippen molar-refractivity contribution in [3.05, 3.63) is 0 Å². The maximum atomic E-state index is 9.13. The van der Waals surface area contributed by atoms with Crippen molar-refractivity contribution < 1.29 is 19.7 Å². The van der Waals surface area contributed by atoms with Crippen LogP contribution in [-0.4, -0.2) is 41.9 Å². The molecule has 0 amide bonds. The fraction of sp³-hybridized carbons (Fsp3) is 1.00. The number of aliphatic hydroxyl groups is 2. The summed E-state index contributed by atoms with van der Waals surface area (Å²) in [5.74, 6) is 0. The number of methoxy groups -OCH3 is 1. The molecule has 4 heteroatoms. The monoisotopic (exact) mass is 148 g/mol. The van der Waals surface area contributed by atoms with E-state index in [0.29, 0.717) is 0 Å². The van der Waals surface area contributed by atoms with Crippen LogP contribution in [0.3, 0.4) is 0 Å². The van der Waals surface area contributed by atoms with E-state index in [1.165, 1.54) is 7.11 Å². The molecule has 1 rings (SSSR count). The molecule has 0 aromatic heterocycles. The first kappa shape index (κ1) is 7.94. The Kier molecular flexibility index (Phi) is 2.25. The van der Waals surface area contributed by atoms with Gasteiger partial charge in [0.15, 0.2) is 6.29 Å². The number of aliphatic hydroxyl groups excluding tert-OH is 2. The molecule has 0 radical (unpaired) electrons. The van der Waals surface area contributed by atoms with E-state index in [1.807, 2.05) is 0 Å². The van der Waals surface area contributed by atoms with Gasteiger partial charge in [-0.15, -0.1) is 0 Å². The third-order valence-electron chi connectivity index (χ3n) is 1.69. The van der Waals surface area contributed by atoms with Crippen LogP contribution in [-0.2, 0) is 9.47 Å². The normalized spacial score (nSPS) is 48.0. The van der Waals surface area contributed by atoms with Crippen molar-refractivity contribution in [2.24, 2.45) is 0 Å². The molecule has 0 saturated carbocycles. The van der Waals surface area contributed by atoms with Crippen LogP contribution in [0.5, 0.6) is 0 Å². The maximum Gasteiger partial charge on any atom is 0.186 e. The zero-order valence-electron chi connectivity index (χ0n) is 6.02. The number of rotatable bonds is 1. The van der Waals surface area contributed by atoms with Crippen molar-refractivity contribution in [1.82, 2.24) is 0 Å². The van der Waals surface area contributed by atoms with Crippen molar-refractivity contribution in [2.75, 3.05) is 7.11 Å². The highest BCUT2D eigenvalue weighted by Crippen LogP contribution is 2.20. The van der Waals surface area contributed by atoms with Gasteiger partial charge in [0.05, 0.1) is 6.10 Å². The molecule has 4 nitrogen and oxygen atoms in total. The van der Waals surface area contributed by atoms with Gasteiger partial charge in [0.1, 0.15) is 12.2 Å². The lowest BCUT2D eigenvalue weighted by Crippen LogP contribution is -2.32. The first-order chi connectivity index (χ1) is 4.66. The summed E-state index contributed by atoms with van der Waals surface area (Å²) >= 11 is 0. The molecule has 1 aliphatic heterocycles. The summed E-state index contributed by atoms with van der Waals surface area (Å²) in [7, 11) is 1.43. The number of hydrogen-bond acceptors (Lipinski definition) is 4. The Morgan fingerprint density at radius 2 is 1.90 bits per heavy atom. The van der Waals surface area contributed by atoms with E-state index in [4.69, 9.17) is 19.7 Å². The van der Waals surface area contributed by atoms with Gasteiger partial charge in [0.2, 0.25) is 0 Å². The zero-order chi connectivity index (χ0) is 7.72. The smallest absolute Gasteiger partial charge is 0.186 e.